The van der Waals surface area contributed by atoms with Gasteiger partial charge >= 0.3 is 10.2 Å². The standard InChI is InChI=1S/C10H18FNO4S/c11-17(15,16)8-9-6-10(14)12(7-9)4-2-1-3-5-13/h9,13H,1-8H2. The number of carbonyl (C=O) groups is 1. The maximum atomic E-state index is 12.5. The van der Waals surface area contributed by atoms with Gasteiger partial charge in [0.25, 0.3) is 0 Å². The lowest BCUT2D eigenvalue weighted by Gasteiger charge is -2.15. The molecule has 0 aromatic rings. The molecule has 5 nitrogen and oxygen atoms in total. The van der Waals surface area contributed by atoms with Gasteiger partial charge in [0.2, 0.25) is 5.91 Å². The monoisotopic (exact) mass is 267 g/mol. The molecule has 0 aromatic carbocycles. The van der Waals surface area contributed by atoms with E-state index >= 15 is 0 Å². The number of halogens is 1. The minimum Gasteiger partial charge on any atom is -0.396 e. The SMILES string of the molecule is O=C1CC(CS(=O)(=O)F)CN1CCCCCO. The first-order valence-corrected chi connectivity index (χ1v) is 7.28. The summed E-state index contributed by atoms with van der Waals surface area (Å²) >= 11 is 0. The third kappa shape index (κ3) is 5.45. The van der Waals surface area contributed by atoms with Gasteiger partial charge in [-0.05, 0) is 19.3 Å². The zero-order valence-electron chi connectivity index (χ0n) is 9.64. The second-order valence-electron chi connectivity index (χ2n) is 4.40. The number of hydrogen-bond acceptors (Lipinski definition) is 4. The minimum absolute atomic E-state index is 0.109. The van der Waals surface area contributed by atoms with Crippen molar-refractivity contribution in [1.82, 2.24) is 4.90 Å². The van der Waals surface area contributed by atoms with Gasteiger partial charge in [0.1, 0.15) is 0 Å². The molecule has 1 aliphatic rings. The number of unbranched alkanes of at least 4 members (excludes halogenated alkanes) is 2. The maximum Gasteiger partial charge on any atom is 0.302 e. The summed E-state index contributed by atoms with van der Waals surface area (Å²) in [4.78, 5) is 13.1. The average Bonchev–Trinajstić information content (AvgIpc) is 2.51. The van der Waals surface area contributed by atoms with Crippen LogP contribution in [0.5, 0.6) is 0 Å². The molecule has 17 heavy (non-hydrogen) atoms. The van der Waals surface area contributed by atoms with Crippen molar-refractivity contribution < 1.29 is 22.2 Å². The molecule has 0 saturated carbocycles. The quantitative estimate of drug-likeness (QED) is 0.531. The number of amides is 1. The largest absolute Gasteiger partial charge is 0.396 e. The van der Waals surface area contributed by atoms with Crippen LogP contribution in [0.2, 0.25) is 0 Å². The number of likely N-dealkylation sites (tertiary alicyclic amines) is 1. The molecule has 1 N–H and O–H groups in total. The van der Waals surface area contributed by atoms with Gasteiger partial charge < -0.3 is 10.0 Å². The van der Waals surface area contributed by atoms with E-state index in [0.29, 0.717) is 19.5 Å². The summed E-state index contributed by atoms with van der Waals surface area (Å²) in [6, 6.07) is 0. The van der Waals surface area contributed by atoms with Crippen molar-refractivity contribution in [3.63, 3.8) is 0 Å². The lowest BCUT2D eigenvalue weighted by Crippen LogP contribution is -2.27. The third-order valence-corrected chi connectivity index (χ3v) is 3.69. The van der Waals surface area contributed by atoms with Crippen molar-refractivity contribution in [2.45, 2.75) is 25.7 Å². The van der Waals surface area contributed by atoms with E-state index in [0.717, 1.165) is 12.8 Å². The molecule has 100 valence electrons. The van der Waals surface area contributed by atoms with Crippen molar-refractivity contribution in [1.29, 1.82) is 0 Å². The fourth-order valence-corrected chi connectivity index (χ4v) is 2.84. The van der Waals surface area contributed by atoms with Gasteiger partial charge in [-0.15, -0.1) is 3.89 Å². The Labute approximate surface area is 101 Å². The van der Waals surface area contributed by atoms with Crippen LogP contribution in [-0.4, -0.2) is 49.8 Å². The highest BCUT2D eigenvalue weighted by Gasteiger charge is 2.32. The number of aliphatic hydroxyl groups excluding tert-OH is 1. The van der Waals surface area contributed by atoms with Crippen LogP contribution in [0.25, 0.3) is 0 Å². The molecule has 1 unspecified atom stereocenters. The van der Waals surface area contributed by atoms with Gasteiger partial charge in [-0.25, -0.2) is 0 Å². The maximum absolute atomic E-state index is 12.5. The van der Waals surface area contributed by atoms with Crippen molar-refractivity contribution in [2.75, 3.05) is 25.4 Å². The van der Waals surface area contributed by atoms with Crippen LogP contribution in [0.15, 0.2) is 0 Å². The van der Waals surface area contributed by atoms with Gasteiger partial charge in [0, 0.05) is 32.0 Å². The van der Waals surface area contributed by atoms with Crippen molar-refractivity contribution in [3.05, 3.63) is 0 Å². The molecule has 1 amide bonds. The Balaban J connectivity index is 2.32. The molecule has 7 heteroatoms. The van der Waals surface area contributed by atoms with Crippen molar-refractivity contribution in [3.8, 4) is 0 Å². The van der Waals surface area contributed by atoms with Gasteiger partial charge in [-0.1, -0.05) is 0 Å². The second kappa shape index (κ2) is 6.30. The molecule has 1 aliphatic heterocycles. The van der Waals surface area contributed by atoms with Crippen LogP contribution in [0, 0.1) is 5.92 Å². The van der Waals surface area contributed by atoms with E-state index in [9.17, 15) is 17.1 Å². The molecule has 0 radical (unpaired) electrons. The van der Waals surface area contributed by atoms with Gasteiger partial charge in [0.05, 0.1) is 5.75 Å². The van der Waals surface area contributed by atoms with E-state index in [1.165, 1.54) is 0 Å². The fourth-order valence-electron chi connectivity index (χ4n) is 2.05. The molecular formula is C10H18FNO4S. The topological polar surface area (TPSA) is 74.7 Å². The normalized spacial score (nSPS) is 21.2. The highest BCUT2D eigenvalue weighted by Crippen LogP contribution is 2.20. The molecule has 1 atom stereocenters. The summed E-state index contributed by atoms with van der Waals surface area (Å²) in [6.45, 7) is 1.01. The van der Waals surface area contributed by atoms with Crippen molar-refractivity contribution in [2.24, 2.45) is 5.92 Å². The Morgan fingerprint density at radius 1 is 1.35 bits per heavy atom. The van der Waals surface area contributed by atoms with Gasteiger partial charge in [-0.3, -0.25) is 4.79 Å². The Morgan fingerprint density at radius 3 is 2.65 bits per heavy atom. The molecule has 0 spiro atoms. The summed E-state index contributed by atoms with van der Waals surface area (Å²) in [5.41, 5.74) is 0. The Kier molecular flexibility index (Phi) is 5.32. The predicted molar refractivity (Wildman–Crippen MR) is 60.5 cm³/mol. The third-order valence-electron chi connectivity index (χ3n) is 2.82. The summed E-state index contributed by atoms with van der Waals surface area (Å²) in [7, 11) is -4.50. The minimum atomic E-state index is -4.50. The highest BCUT2D eigenvalue weighted by molar-refractivity contribution is 7.86. The Morgan fingerprint density at radius 2 is 2.06 bits per heavy atom. The second-order valence-corrected chi connectivity index (χ2v) is 5.81. The summed E-state index contributed by atoms with van der Waals surface area (Å²) in [5.74, 6) is -1.09. The van der Waals surface area contributed by atoms with Crippen LogP contribution in [0.1, 0.15) is 25.7 Å². The summed E-state index contributed by atoms with van der Waals surface area (Å²) in [6.07, 6.45) is 2.42. The number of rotatable bonds is 7. The average molecular weight is 267 g/mol. The first kappa shape index (κ1) is 14.4. The van der Waals surface area contributed by atoms with Crippen LogP contribution < -0.4 is 0 Å². The lowest BCUT2D eigenvalue weighted by molar-refractivity contribution is -0.127. The molecule has 1 saturated heterocycles. The lowest BCUT2D eigenvalue weighted by atomic mass is 10.1. The van der Waals surface area contributed by atoms with Crippen molar-refractivity contribution >= 4 is 16.1 Å². The highest BCUT2D eigenvalue weighted by atomic mass is 32.3. The first-order valence-electron chi connectivity index (χ1n) is 5.73. The molecule has 1 heterocycles. The number of carbonyl (C=O) groups excluding carboxylic acids is 1. The van der Waals surface area contributed by atoms with E-state index in [4.69, 9.17) is 5.11 Å². The number of hydrogen-bond donors (Lipinski definition) is 1. The fraction of sp³-hybridized carbons (Fsp3) is 0.900. The van der Waals surface area contributed by atoms with Crippen LogP contribution >= 0.6 is 0 Å². The van der Waals surface area contributed by atoms with E-state index in [1.807, 2.05) is 0 Å². The zero-order chi connectivity index (χ0) is 12.9. The smallest absolute Gasteiger partial charge is 0.302 e. The van der Waals surface area contributed by atoms with E-state index in [-0.39, 0.29) is 18.9 Å². The van der Waals surface area contributed by atoms with Gasteiger partial charge in [0.15, 0.2) is 0 Å². The first-order chi connectivity index (χ1) is 7.92. The summed E-state index contributed by atoms with van der Waals surface area (Å²) < 4.78 is 33.4. The molecule has 0 bridgehead atoms. The number of aliphatic hydroxyl groups is 1. The molecular weight excluding hydrogens is 249 g/mol. The Hall–Kier alpha value is -0.690. The molecule has 0 aromatic heterocycles. The van der Waals surface area contributed by atoms with Crippen LogP contribution in [-0.2, 0) is 15.0 Å². The number of nitrogens with zero attached hydrogens (tertiary/aromatic N) is 1. The predicted octanol–water partition coefficient (Wildman–Crippen LogP) is 0.297. The molecule has 1 rings (SSSR count). The zero-order valence-corrected chi connectivity index (χ0v) is 10.5. The molecule has 0 aliphatic carbocycles. The molecule has 1 fully saturated rings. The Bertz CT molecular complexity index is 357. The van der Waals surface area contributed by atoms with E-state index in [1.54, 1.807) is 4.90 Å². The summed E-state index contributed by atoms with van der Waals surface area (Å²) in [5, 5.41) is 8.59. The van der Waals surface area contributed by atoms with E-state index in [2.05, 4.69) is 0 Å². The van der Waals surface area contributed by atoms with Gasteiger partial charge in [-0.2, -0.15) is 8.42 Å². The van der Waals surface area contributed by atoms with Crippen LogP contribution in [0.3, 0.4) is 0 Å². The van der Waals surface area contributed by atoms with E-state index < -0.39 is 21.9 Å². The van der Waals surface area contributed by atoms with Crippen LogP contribution in [0.4, 0.5) is 3.89 Å².